The Morgan fingerprint density at radius 1 is 1.12 bits per heavy atom. The monoisotopic (exact) mass is 368 g/mol. The Labute approximate surface area is 145 Å². The molecular formula is C17H18F2N2O3S. The van der Waals surface area contributed by atoms with Crippen molar-refractivity contribution < 1.29 is 21.9 Å². The van der Waals surface area contributed by atoms with Crippen LogP contribution in [0, 0.1) is 13.8 Å². The molecule has 0 aliphatic carbocycles. The number of hydrogen-bond donors (Lipinski definition) is 1. The Morgan fingerprint density at radius 2 is 1.76 bits per heavy atom. The van der Waals surface area contributed by atoms with Crippen LogP contribution in [0.1, 0.15) is 23.6 Å². The van der Waals surface area contributed by atoms with Crippen molar-refractivity contribution in [3.8, 4) is 5.75 Å². The number of rotatable bonds is 6. The van der Waals surface area contributed by atoms with Crippen LogP contribution >= 0.6 is 0 Å². The van der Waals surface area contributed by atoms with Gasteiger partial charge in [0.05, 0.1) is 10.6 Å². The minimum Gasteiger partial charge on any atom is -0.435 e. The van der Waals surface area contributed by atoms with Crippen molar-refractivity contribution in [3.63, 3.8) is 0 Å². The third kappa shape index (κ3) is 4.99. The first-order chi connectivity index (χ1) is 11.7. The minimum absolute atomic E-state index is 0.0162. The number of nitrogens with zero attached hydrogens (tertiary/aromatic N) is 1. The SMILES string of the molecule is CC(=NNS(=O)(=O)c1cc(C)ccc1C)c1ccc(OC(F)F)cc1. The van der Waals surface area contributed by atoms with Crippen molar-refractivity contribution in [1.29, 1.82) is 0 Å². The summed E-state index contributed by atoms with van der Waals surface area (Å²) in [6, 6.07) is 10.9. The second-order valence-corrected chi connectivity index (χ2v) is 7.09. The van der Waals surface area contributed by atoms with Gasteiger partial charge in [-0.1, -0.05) is 12.1 Å². The number of halogens is 2. The van der Waals surface area contributed by atoms with Crippen molar-refractivity contribution in [2.45, 2.75) is 32.3 Å². The van der Waals surface area contributed by atoms with Crippen LogP contribution in [0.5, 0.6) is 5.75 Å². The molecule has 0 aliphatic rings. The second kappa shape index (κ2) is 7.60. The molecule has 0 heterocycles. The van der Waals surface area contributed by atoms with Crippen LogP contribution in [0.3, 0.4) is 0 Å². The third-order valence-electron chi connectivity index (χ3n) is 3.46. The van der Waals surface area contributed by atoms with E-state index in [1.54, 1.807) is 32.9 Å². The van der Waals surface area contributed by atoms with Gasteiger partial charge in [-0.2, -0.15) is 27.1 Å². The van der Waals surface area contributed by atoms with E-state index in [1.807, 2.05) is 6.07 Å². The highest BCUT2D eigenvalue weighted by Gasteiger charge is 2.16. The largest absolute Gasteiger partial charge is 0.435 e. The lowest BCUT2D eigenvalue weighted by atomic mass is 10.1. The quantitative estimate of drug-likeness (QED) is 0.626. The number of aryl methyl sites for hydroxylation is 2. The van der Waals surface area contributed by atoms with E-state index in [4.69, 9.17) is 0 Å². The lowest BCUT2D eigenvalue weighted by Crippen LogP contribution is -2.21. The Hall–Kier alpha value is -2.48. The van der Waals surface area contributed by atoms with E-state index in [2.05, 4.69) is 14.7 Å². The molecule has 2 aromatic rings. The van der Waals surface area contributed by atoms with Crippen molar-refractivity contribution in [2.24, 2.45) is 5.10 Å². The van der Waals surface area contributed by atoms with Gasteiger partial charge in [-0.25, -0.2) is 0 Å². The van der Waals surface area contributed by atoms with Crippen LogP contribution in [0.25, 0.3) is 0 Å². The van der Waals surface area contributed by atoms with Crippen LogP contribution in [-0.4, -0.2) is 20.7 Å². The van der Waals surface area contributed by atoms with Gasteiger partial charge in [0.15, 0.2) is 0 Å². The number of ether oxygens (including phenoxy) is 1. The molecule has 2 rings (SSSR count). The van der Waals surface area contributed by atoms with Crippen LogP contribution in [0.2, 0.25) is 0 Å². The first-order valence-electron chi connectivity index (χ1n) is 7.37. The molecule has 0 fully saturated rings. The molecule has 0 spiro atoms. The molecule has 0 aromatic heterocycles. The highest BCUT2D eigenvalue weighted by atomic mass is 32.2. The zero-order chi connectivity index (χ0) is 18.6. The summed E-state index contributed by atoms with van der Waals surface area (Å²) < 4.78 is 53.3. The molecule has 1 N–H and O–H groups in total. The van der Waals surface area contributed by atoms with Crippen LogP contribution < -0.4 is 9.57 Å². The normalized spacial score (nSPS) is 12.3. The Kier molecular flexibility index (Phi) is 5.73. The lowest BCUT2D eigenvalue weighted by Gasteiger charge is -2.09. The molecule has 0 amide bonds. The van der Waals surface area contributed by atoms with E-state index in [0.29, 0.717) is 16.8 Å². The van der Waals surface area contributed by atoms with Gasteiger partial charge in [-0.3, -0.25) is 0 Å². The fourth-order valence-corrected chi connectivity index (χ4v) is 3.31. The maximum Gasteiger partial charge on any atom is 0.387 e. The van der Waals surface area contributed by atoms with E-state index >= 15 is 0 Å². The zero-order valence-corrected chi connectivity index (χ0v) is 14.8. The van der Waals surface area contributed by atoms with Crippen LogP contribution in [-0.2, 0) is 10.0 Å². The van der Waals surface area contributed by atoms with Gasteiger partial charge >= 0.3 is 6.61 Å². The van der Waals surface area contributed by atoms with Gasteiger partial charge in [0, 0.05) is 0 Å². The molecule has 0 atom stereocenters. The maximum atomic E-state index is 12.4. The van der Waals surface area contributed by atoms with Gasteiger partial charge in [-0.05, 0) is 67.8 Å². The van der Waals surface area contributed by atoms with Crippen molar-refractivity contribution in [2.75, 3.05) is 0 Å². The molecule has 0 aliphatic heterocycles. The summed E-state index contributed by atoms with van der Waals surface area (Å²) in [5.41, 5.74) is 2.39. The second-order valence-electron chi connectivity index (χ2n) is 5.46. The van der Waals surface area contributed by atoms with E-state index in [1.165, 1.54) is 24.3 Å². The number of nitrogens with one attached hydrogen (secondary N) is 1. The molecule has 0 unspecified atom stereocenters. The van der Waals surface area contributed by atoms with E-state index in [-0.39, 0.29) is 10.6 Å². The highest BCUT2D eigenvalue weighted by molar-refractivity contribution is 7.89. The van der Waals surface area contributed by atoms with E-state index < -0.39 is 16.6 Å². The molecular weight excluding hydrogens is 350 g/mol. The number of alkyl halides is 2. The number of hydrogen-bond acceptors (Lipinski definition) is 4. The Balaban J connectivity index is 2.18. The van der Waals surface area contributed by atoms with Crippen molar-refractivity contribution in [3.05, 3.63) is 59.2 Å². The Morgan fingerprint density at radius 3 is 2.36 bits per heavy atom. The summed E-state index contributed by atoms with van der Waals surface area (Å²) in [6.07, 6.45) is 0. The Bertz CT molecular complexity index is 879. The summed E-state index contributed by atoms with van der Waals surface area (Å²) in [7, 11) is -3.80. The standard InChI is InChI=1S/C17H18F2N2O3S/c1-11-4-5-12(2)16(10-11)25(22,23)21-20-13(3)14-6-8-15(9-7-14)24-17(18)19/h4-10,17,21H,1-3H3. The van der Waals surface area contributed by atoms with Crippen molar-refractivity contribution in [1.82, 2.24) is 4.83 Å². The summed E-state index contributed by atoms with van der Waals surface area (Å²) >= 11 is 0. The predicted octanol–water partition coefficient (Wildman–Crippen LogP) is 3.61. The minimum atomic E-state index is -3.80. The molecule has 0 saturated carbocycles. The summed E-state index contributed by atoms with van der Waals surface area (Å²) in [4.78, 5) is 2.35. The average molecular weight is 368 g/mol. The molecule has 0 radical (unpaired) electrons. The summed E-state index contributed by atoms with van der Waals surface area (Å²) in [5, 5.41) is 3.89. The van der Waals surface area contributed by atoms with Gasteiger partial charge in [-0.15, -0.1) is 0 Å². The molecule has 5 nitrogen and oxygen atoms in total. The fraction of sp³-hybridized carbons (Fsp3) is 0.235. The van der Waals surface area contributed by atoms with Gasteiger partial charge < -0.3 is 4.74 Å². The lowest BCUT2D eigenvalue weighted by molar-refractivity contribution is -0.0498. The molecule has 0 saturated heterocycles. The van der Waals surface area contributed by atoms with Gasteiger partial charge in [0.2, 0.25) is 0 Å². The average Bonchev–Trinajstić information content (AvgIpc) is 2.55. The van der Waals surface area contributed by atoms with Crippen LogP contribution in [0.4, 0.5) is 8.78 Å². The molecule has 25 heavy (non-hydrogen) atoms. The number of sulfonamides is 1. The first-order valence-corrected chi connectivity index (χ1v) is 8.86. The number of hydrazone groups is 1. The summed E-state index contributed by atoms with van der Waals surface area (Å²) in [6.45, 7) is 2.21. The van der Waals surface area contributed by atoms with Crippen LogP contribution in [0.15, 0.2) is 52.5 Å². The first kappa shape index (κ1) is 18.9. The molecule has 8 heteroatoms. The highest BCUT2D eigenvalue weighted by Crippen LogP contribution is 2.17. The van der Waals surface area contributed by atoms with Gasteiger partial charge in [0.1, 0.15) is 5.75 Å². The summed E-state index contributed by atoms with van der Waals surface area (Å²) in [5.74, 6) is 0.0162. The topological polar surface area (TPSA) is 67.8 Å². The van der Waals surface area contributed by atoms with E-state index in [9.17, 15) is 17.2 Å². The van der Waals surface area contributed by atoms with Gasteiger partial charge in [0.25, 0.3) is 10.0 Å². The third-order valence-corrected chi connectivity index (χ3v) is 4.81. The maximum absolute atomic E-state index is 12.4. The predicted molar refractivity (Wildman–Crippen MR) is 91.5 cm³/mol. The molecule has 2 aromatic carbocycles. The smallest absolute Gasteiger partial charge is 0.387 e. The number of benzene rings is 2. The van der Waals surface area contributed by atoms with Crippen molar-refractivity contribution >= 4 is 15.7 Å². The molecule has 0 bridgehead atoms. The fourth-order valence-electron chi connectivity index (χ4n) is 2.12. The molecule has 134 valence electrons. The van der Waals surface area contributed by atoms with E-state index in [0.717, 1.165) is 5.56 Å². The zero-order valence-electron chi connectivity index (χ0n) is 14.0.